The Bertz CT molecular complexity index is 755. The summed E-state index contributed by atoms with van der Waals surface area (Å²) in [7, 11) is 0. The SMILES string of the molecule is Cc1cc2nnn(C/C=C/c3ccccc3)c2cc1C. The molecular formula is C17H17N3. The minimum Gasteiger partial charge on any atom is -0.241 e. The first-order valence-electron chi connectivity index (χ1n) is 6.76. The summed E-state index contributed by atoms with van der Waals surface area (Å²) in [6.45, 7) is 4.95. The van der Waals surface area contributed by atoms with Crippen molar-refractivity contribution in [2.24, 2.45) is 0 Å². The first kappa shape index (κ1) is 12.6. The smallest absolute Gasteiger partial charge is 0.113 e. The summed E-state index contributed by atoms with van der Waals surface area (Å²) < 4.78 is 1.93. The largest absolute Gasteiger partial charge is 0.241 e. The molecule has 0 atom stereocenters. The Morgan fingerprint density at radius 2 is 1.80 bits per heavy atom. The zero-order valence-corrected chi connectivity index (χ0v) is 11.7. The molecule has 2 aromatic carbocycles. The maximum atomic E-state index is 4.23. The molecule has 0 saturated carbocycles. The molecule has 3 nitrogen and oxygen atoms in total. The molecule has 3 heteroatoms. The van der Waals surface area contributed by atoms with E-state index >= 15 is 0 Å². The van der Waals surface area contributed by atoms with E-state index in [0.717, 1.165) is 17.6 Å². The summed E-state index contributed by atoms with van der Waals surface area (Å²) in [4.78, 5) is 0. The number of benzene rings is 2. The van der Waals surface area contributed by atoms with Gasteiger partial charge in [-0.15, -0.1) is 5.10 Å². The van der Waals surface area contributed by atoms with Crippen molar-refractivity contribution in [3.8, 4) is 0 Å². The van der Waals surface area contributed by atoms with Crippen LogP contribution >= 0.6 is 0 Å². The monoisotopic (exact) mass is 263 g/mol. The highest BCUT2D eigenvalue weighted by atomic mass is 15.4. The lowest BCUT2D eigenvalue weighted by molar-refractivity contribution is 0.683. The zero-order chi connectivity index (χ0) is 13.9. The molecule has 0 fully saturated rings. The highest BCUT2D eigenvalue weighted by molar-refractivity contribution is 5.76. The second kappa shape index (κ2) is 5.29. The molecule has 0 unspecified atom stereocenters. The van der Waals surface area contributed by atoms with Gasteiger partial charge in [0, 0.05) is 0 Å². The third-order valence-corrected chi connectivity index (χ3v) is 3.52. The Morgan fingerprint density at radius 3 is 2.60 bits per heavy atom. The molecule has 0 aliphatic carbocycles. The Kier molecular flexibility index (Phi) is 3.33. The first-order chi connectivity index (χ1) is 9.74. The van der Waals surface area contributed by atoms with Gasteiger partial charge in [-0.3, -0.25) is 0 Å². The maximum Gasteiger partial charge on any atom is 0.113 e. The molecule has 0 radical (unpaired) electrons. The Labute approximate surface area is 118 Å². The van der Waals surface area contributed by atoms with Crippen molar-refractivity contribution in [1.82, 2.24) is 15.0 Å². The third-order valence-electron chi connectivity index (χ3n) is 3.52. The molecule has 3 aromatic rings. The molecule has 1 heterocycles. The molecule has 1 aromatic heterocycles. The van der Waals surface area contributed by atoms with Crippen molar-refractivity contribution in [2.45, 2.75) is 20.4 Å². The van der Waals surface area contributed by atoms with Crippen LogP contribution in [0.3, 0.4) is 0 Å². The van der Waals surface area contributed by atoms with Gasteiger partial charge in [0.2, 0.25) is 0 Å². The third kappa shape index (κ3) is 2.48. The van der Waals surface area contributed by atoms with Crippen LogP contribution in [0.1, 0.15) is 16.7 Å². The van der Waals surface area contributed by atoms with Gasteiger partial charge in [-0.25, -0.2) is 4.68 Å². The topological polar surface area (TPSA) is 30.7 Å². The summed E-state index contributed by atoms with van der Waals surface area (Å²) in [6.07, 6.45) is 4.22. The number of aryl methyl sites for hydroxylation is 2. The highest BCUT2D eigenvalue weighted by Crippen LogP contribution is 2.17. The molecule has 3 rings (SSSR count). The van der Waals surface area contributed by atoms with Gasteiger partial charge in [-0.1, -0.05) is 47.7 Å². The van der Waals surface area contributed by atoms with Crippen LogP contribution in [-0.2, 0) is 6.54 Å². The Morgan fingerprint density at radius 1 is 1.05 bits per heavy atom. The number of aromatic nitrogens is 3. The van der Waals surface area contributed by atoms with E-state index in [1.165, 1.54) is 16.7 Å². The van der Waals surface area contributed by atoms with Gasteiger partial charge >= 0.3 is 0 Å². The fraction of sp³-hybridized carbons (Fsp3) is 0.176. The minimum atomic E-state index is 0.730. The number of hydrogen-bond donors (Lipinski definition) is 0. The standard InChI is InChI=1S/C17H17N3/c1-13-11-16-17(12-14(13)2)20(19-18-16)10-6-9-15-7-4-3-5-8-15/h3-9,11-12H,10H2,1-2H3/b9-6+. The van der Waals surface area contributed by atoms with Crippen molar-refractivity contribution in [3.63, 3.8) is 0 Å². The number of nitrogens with zero attached hydrogens (tertiary/aromatic N) is 3. The summed E-state index contributed by atoms with van der Waals surface area (Å²) in [6, 6.07) is 14.5. The van der Waals surface area contributed by atoms with E-state index in [0.29, 0.717) is 0 Å². The predicted octanol–water partition coefficient (Wildman–Crippen LogP) is 3.76. The van der Waals surface area contributed by atoms with Crippen molar-refractivity contribution in [3.05, 3.63) is 65.2 Å². The van der Waals surface area contributed by atoms with Crippen LogP contribution in [-0.4, -0.2) is 15.0 Å². The fourth-order valence-electron chi connectivity index (χ4n) is 2.21. The van der Waals surface area contributed by atoms with Gasteiger partial charge in [0.05, 0.1) is 12.1 Å². The van der Waals surface area contributed by atoms with E-state index in [9.17, 15) is 0 Å². The molecule has 0 saturated heterocycles. The van der Waals surface area contributed by atoms with E-state index < -0.39 is 0 Å². The molecule has 0 aliphatic rings. The predicted molar refractivity (Wildman–Crippen MR) is 82.5 cm³/mol. The second-order valence-corrected chi connectivity index (χ2v) is 5.01. The van der Waals surface area contributed by atoms with Gasteiger partial charge in [0.25, 0.3) is 0 Å². The molecule has 0 aliphatic heterocycles. The highest BCUT2D eigenvalue weighted by Gasteiger charge is 2.05. The van der Waals surface area contributed by atoms with Crippen molar-refractivity contribution in [2.75, 3.05) is 0 Å². The van der Waals surface area contributed by atoms with Crippen LogP contribution in [0.15, 0.2) is 48.5 Å². The van der Waals surface area contributed by atoms with Crippen LogP contribution in [0, 0.1) is 13.8 Å². The molecule has 20 heavy (non-hydrogen) atoms. The normalized spacial score (nSPS) is 11.5. The van der Waals surface area contributed by atoms with Crippen LogP contribution < -0.4 is 0 Å². The molecular weight excluding hydrogens is 246 g/mol. The Hall–Kier alpha value is -2.42. The van der Waals surface area contributed by atoms with E-state index in [4.69, 9.17) is 0 Å². The molecule has 100 valence electrons. The number of hydrogen-bond acceptors (Lipinski definition) is 2. The average molecular weight is 263 g/mol. The zero-order valence-electron chi connectivity index (χ0n) is 11.7. The van der Waals surface area contributed by atoms with Gasteiger partial charge in [-0.2, -0.15) is 0 Å². The number of allylic oxidation sites excluding steroid dienone is 1. The van der Waals surface area contributed by atoms with Crippen LogP contribution in [0.5, 0.6) is 0 Å². The molecule has 0 spiro atoms. The van der Waals surface area contributed by atoms with Crippen molar-refractivity contribution in [1.29, 1.82) is 0 Å². The Balaban J connectivity index is 1.85. The number of fused-ring (bicyclic) bond motifs is 1. The van der Waals surface area contributed by atoms with Crippen molar-refractivity contribution < 1.29 is 0 Å². The summed E-state index contributed by atoms with van der Waals surface area (Å²) in [5.74, 6) is 0. The van der Waals surface area contributed by atoms with Crippen LogP contribution in [0.4, 0.5) is 0 Å². The molecule has 0 N–H and O–H groups in total. The van der Waals surface area contributed by atoms with Gasteiger partial charge in [-0.05, 0) is 42.7 Å². The van der Waals surface area contributed by atoms with Gasteiger partial charge < -0.3 is 0 Å². The second-order valence-electron chi connectivity index (χ2n) is 5.01. The molecule has 0 amide bonds. The summed E-state index contributed by atoms with van der Waals surface area (Å²) in [5.41, 5.74) is 5.77. The quantitative estimate of drug-likeness (QED) is 0.720. The van der Waals surface area contributed by atoms with Crippen LogP contribution in [0.25, 0.3) is 17.1 Å². The number of rotatable bonds is 3. The lowest BCUT2D eigenvalue weighted by atomic mass is 10.1. The van der Waals surface area contributed by atoms with Gasteiger partial charge in [0.15, 0.2) is 0 Å². The van der Waals surface area contributed by atoms with E-state index in [1.807, 2.05) is 22.9 Å². The lowest BCUT2D eigenvalue weighted by Gasteiger charge is -2.01. The first-order valence-corrected chi connectivity index (χ1v) is 6.76. The maximum absolute atomic E-state index is 4.23. The molecule has 0 bridgehead atoms. The summed E-state index contributed by atoms with van der Waals surface area (Å²) in [5, 5.41) is 8.45. The van der Waals surface area contributed by atoms with E-state index in [-0.39, 0.29) is 0 Å². The van der Waals surface area contributed by atoms with E-state index in [1.54, 1.807) is 0 Å². The average Bonchev–Trinajstić information content (AvgIpc) is 2.83. The lowest BCUT2D eigenvalue weighted by Crippen LogP contribution is -1.97. The summed E-state index contributed by atoms with van der Waals surface area (Å²) >= 11 is 0. The van der Waals surface area contributed by atoms with Gasteiger partial charge in [0.1, 0.15) is 5.52 Å². The fourth-order valence-corrected chi connectivity index (χ4v) is 2.21. The van der Waals surface area contributed by atoms with E-state index in [2.05, 4.69) is 60.6 Å². The minimum absolute atomic E-state index is 0.730. The van der Waals surface area contributed by atoms with Crippen molar-refractivity contribution >= 4 is 17.1 Å². The van der Waals surface area contributed by atoms with Crippen LogP contribution in [0.2, 0.25) is 0 Å².